The zero-order valence-electron chi connectivity index (χ0n) is 15.2. The Kier molecular flexibility index (Phi) is 6.23. The van der Waals surface area contributed by atoms with Crippen molar-refractivity contribution in [2.75, 3.05) is 12.2 Å². The Labute approximate surface area is 159 Å². The minimum atomic E-state index is -0.449. The molecule has 4 heteroatoms. The van der Waals surface area contributed by atoms with Crippen molar-refractivity contribution in [3.8, 4) is 0 Å². The van der Waals surface area contributed by atoms with E-state index in [1.165, 1.54) is 12.2 Å². The van der Waals surface area contributed by atoms with Crippen LogP contribution < -0.4 is 5.06 Å². The van der Waals surface area contributed by atoms with E-state index in [9.17, 15) is 10.0 Å². The second-order valence-corrected chi connectivity index (χ2v) is 6.33. The van der Waals surface area contributed by atoms with Gasteiger partial charge in [-0.3, -0.25) is 10.0 Å². The van der Waals surface area contributed by atoms with Crippen LogP contribution in [-0.4, -0.2) is 18.3 Å². The van der Waals surface area contributed by atoms with Gasteiger partial charge in [0.1, 0.15) is 0 Å². The molecule has 0 aromatic heterocycles. The third-order valence-electron chi connectivity index (χ3n) is 4.65. The summed E-state index contributed by atoms with van der Waals surface area (Å²) in [5, 5.41) is 12.4. The fraction of sp³-hybridized carbons (Fsp3) is 0.174. The van der Waals surface area contributed by atoms with Crippen LogP contribution in [-0.2, 0) is 9.53 Å². The Balaban J connectivity index is 2.09. The summed E-state index contributed by atoms with van der Waals surface area (Å²) in [7, 11) is 1.38. The minimum absolute atomic E-state index is 0.157. The van der Waals surface area contributed by atoms with Crippen LogP contribution in [0.15, 0.2) is 91.0 Å². The standard InChI is InChI=1S/C23H23NO3/c1-27-22(25)17-21(18-11-5-2-6-12-18)23(19-13-7-3-8-14-19)24(26)20-15-9-4-10-16-20/h2-16,21,23,26H,17H2,1H3/t21-,23+/m1/s1. The Morgan fingerprint density at radius 2 is 1.33 bits per heavy atom. The number of carbonyl (C=O) groups is 1. The third-order valence-corrected chi connectivity index (χ3v) is 4.65. The summed E-state index contributed by atoms with van der Waals surface area (Å²) < 4.78 is 4.93. The van der Waals surface area contributed by atoms with E-state index in [1.807, 2.05) is 91.0 Å². The maximum atomic E-state index is 12.2. The largest absolute Gasteiger partial charge is 0.469 e. The molecule has 0 saturated heterocycles. The van der Waals surface area contributed by atoms with Gasteiger partial charge in [-0.15, -0.1) is 0 Å². The molecule has 0 unspecified atom stereocenters. The van der Waals surface area contributed by atoms with E-state index in [0.29, 0.717) is 5.69 Å². The predicted molar refractivity (Wildman–Crippen MR) is 106 cm³/mol. The summed E-state index contributed by atoms with van der Waals surface area (Å²) in [5.74, 6) is -0.600. The zero-order valence-corrected chi connectivity index (χ0v) is 15.2. The van der Waals surface area contributed by atoms with Crippen LogP contribution in [0.1, 0.15) is 29.5 Å². The molecule has 0 fully saturated rings. The Morgan fingerprint density at radius 1 is 0.852 bits per heavy atom. The van der Waals surface area contributed by atoms with Gasteiger partial charge < -0.3 is 4.74 Å². The molecule has 0 saturated carbocycles. The number of methoxy groups -OCH3 is 1. The number of hydrogen-bond donors (Lipinski definition) is 1. The van der Waals surface area contributed by atoms with E-state index in [-0.39, 0.29) is 18.3 Å². The lowest BCUT2D eigenvalue weighted by molar-refractivity contribution is -0.141. The van der Waals surface area contributed by atoms with E-state index in [2.05, 4.69) is 0 Å². The van der Waals surface area contributed by atoms with Gasteiger partial charge in [0.2, 0.25) is 0 Å². The Morgan fingerprint density at radius 3 is 1.85 bits per heavy atom. The summed E-state index contributed by atoms with van der Waals surface area (Å²) >= 11 is 0. The maximum absolute atomic E-state index is 12.2. The van der Waals surface area contributed by atoms with E-state index >= 15 is 0 Å². The smallest absolute Gasteiger partial charge is 0.306 e. The van der Waals surface area contributed by atoms with E-state index < -0.39 is 6.04 Å². The van der Waals surface area contributed by atoms with Crippen molar-refractivity contribution in [1.82, 2.24) is 0 Å². The number of anilines is 1. The van der Waals surface area contributed by atoms with Crippen LogP contribution in [0.2, 0.25) is 0 Å². The number of rotatable bonds is 7. The lowest BCUT2D eigenvalue weighted by Gasteiger charge is -2.34. The van der Waals surface area contributed by atoms with Gasteiger partial charge in [0.05, 0.1) is 25.3 Å². The van der Waals surface area contributed by atoms with Gasteiger partial charge in [0.15, 0.2) is 0 Å². The maximum Gasteiger partial charge on any atom is 0.306 e. The quantitative estimate of drug-likeness (QED) is 0.477. The molecule has 0 aliphatic carbocycles. The van der Waals surface area contributed by atoms with E-state index in [0.717, 1.165) is 11.1 Å². The van der Waals surface area contributed by atoms with Crippen LogP contribution in [0.3, 0.4) is 0 Å². The summed E-state index contributed by atoms with van der Waals surface area (Å²) in [6, 6.07) is 28.4. The lowest BCUT2D eigenvalue weighted by atomic mass is 9.84. The molecule has 4 nitrogen and oxygen atoms in total. The first-order valence-electron chi connectivity index (χ1n) is 8.90. The molecule has 0 radical (unpaired) electrons. The first kappa shape index (κ1) is 18.7. The highest BCUT2D eigenvalue weighted by Gasteiger charge is 2.32. The van der Waals surface area contributed by atoms with Crippen molar-refractivity contribution in [2.24, 2.45) is 0 Å². The molecule has 0 amide bonds. The number of hydrogen-bond acceptors (Lipinski definition) is 4. The summed E-state index contributed by atoms with van der Waals surface area (Å²) in [6.45, 7) is 0. The van der Waals surface area contributed by atoms with Crippen molar-refractivity contribution >= 4 is 11.7 Å². The van der Waals surface area contributed by atoms with Crippen molar-refractivity contribution in [1.29, 1.82) is 0 Å². The van der Waals surface area contributed by atoms with Gasteiger partial charge >= 0.3 is 5.97 Å². The van der Waals surface area contributed by atoms with Crippen LogP contribution in [0.5, 0.6) is 0 Å². The molecule has 0 spiro atoms. The summed E-state index contributed by atoms with van der Waals surface area (Å²) in [5.41, 5.74) is 2.55. The Bertz CT molecular complexity index is 837. The second-order valence-electron chi connectivity index (χ2n) is 6.33. The molecule has 3 aromatic carbocycles. The number of benzene rings is 3. The molecule has 0 aliphatic rings. The molecule has 27 heavy (non-hydrogen) atoms. The van der Waals surface area contributed by atoms with E-state index in [4.69, 9.17) is 4.74 Å². The monoisotopic (exact) mass is 361 g/mol. The van der Waals surface area contributed by atoms with Crippen molar-refractivity contribution in [3.05, 3.63) is 102 Å². The summed E-state index contributed by atoms with van der Waals surface area (Å²) in [4.78, 5) is 12.2. The van der Waals surface area contributed by atoms with Gasteiger partial charge in [-0.1, -0.05) is 78.9 Å². The summed E-state index contributed by atoms with van der Waals surface area (Å²) in [6.07, 6.45) is 0.157. The van der Waals surface area contributed by atoms with E-state index in [1.54, 1.807) is 0 Å². The number of nitrogens with zero attached hydrogens (tertiary/aromatic N) is 1. The van der Waals surface area contributed by atoms with Gasteiger partial charge in [0.25, 0.3) is 0 Å². The Hall–Kier alpha value is -3.11. The van der Waals surface area contributed by atoms with Crippen LogP contribution in [0.4, 0.5) is 5.69 Å². The molecule has 0 heterocycles. The third kappa shape index (κ3) is 4.54. The topological polar surface area (TPSA) is 49.8 Å². The average molecular weight is 361 g/mol. The van der Waals surface area contributed by atoms with Gasteiger partial charge in [-0.25, -0.2) is 5.06 Å². The average Bonchev–Trinajstić information content (AvgIpc) is 2.75. The number of ether oxygens (including phenoxy) is 1. The fourth-order valence-electron chi connectivity index (χ4n) is 3.31. The van der Waals surface area contributed by atoms with Crippen LogP contribution in [0.25, 0.3) is 0 Å². The first-order valence-corrected chi connectivity index (χ1v) is 8.90. The molecule has 1 N–H and O–H groups in total. The lowest BCUT2D eigenvalue weighted by Crippen LogP contribution is -2.31. The number of hydroxylamine groups is 1. The minimum Gasteiger partial charge on any atom is -0.469 e. The number of esters is 1. The van der Waals surface area contributed by atoms with Crippen LogP contribution >= 0.6 is 0 Å². The van der Waals surface area contributed by atoms with Gasteiger partial charge in [-0.2, -0.15) is 0 Å². The number of para-hydroxylation sites is 1. The molecule has 0 bridgehead atoms. The first-order chi connectivity index (χ1) is 13.2. The van der Waals surface area contributed by atoms with Crippen molar-refractivity contribution in [3.63, 3.8) is 0 Å². The van der Waals surface area contributed by atoms with Gasteiger partial charge in [0, 0.05) is 5.92 Å². The molecule has 3 rings (SSSR count). The highest BCUT2D eigenvalue weighted by atomic mass is 16.5. The van der Waals surface area contributed by atoms with Crippen molar-refractivity contribution in [2.45, 2.75) is 18.4 Å². The molecular formula is C23H23NO3. The molecular weight excluding hydrogens is 338 g/mol. The van der Waals surface area contributed by atoms with Gasteiger partial charge in [-0.05, 0) is 23.3 Å². The highest BCUT2D eigenvalue weighted by Crippen LogP contribution is 2.39. The highest BCUT2D eigenvalue weighted by molar-refractivity contribution is 5.71. The SMILES string of the molecule is COC(=O)C[C@H](c1ccccc1)[C@H](c1ccccc1)N(O)c1ccccc1. The molecule has 0 aliphatic heterocycles. The normalized spacial score (nSPS) is 12.8. The molecule has 3 aromatic rings. The van der Waals surface area contributed by atoms with Crippen LogP contribution in [0, 0.1) is 0 Å². The van der Waals surface area contributed by atoms with Crippen molar-refractivity contribution < 1.29 is 14.7 Å². The second kappa shape index (κ2) is 9.01. The fourth-order valence-corrected chi connectivity index (χ4v) is 3.31. The zero-order chi connectivity index (χ0) is 19.1. The molecule has 2 atom stereocenters. The number of carbonyl (C=O) groups excluding carboxylic acids is 1. The predicted octanol–water partition coefficient (Wildman–Crippen LogP) is 4.97. The molecule has 138 valence electrons.